The highest BCUT2D eigenvalue weighted by molar-refractivity contribution is 6.30. The molecule has 20 heavy (non-hydrogen) atoms. The summed E-state index contributed by atoms with van der Waals surface area (Å²) in [5.74, 6) is 0. The number of nitrogens with zero attached hydrogens (tertiary/aromatic N) is 1. The molecule has 1 aromatic carbocycles. The Balaban J connectivity index is 2.77. The highest BCUT2D eigenvalue weighted by Gasteiger charge is 2.27. The van der Waals surface area contributed by atoms with Gasteiger partial charge in [0, 0.05) is 30.8 Å². The van der Waals surface area contributed by atoms with Crippen LogP contribution < -0.4 is 10.2 Å². The van der Waals surface area contributed by atoms with E-state index in [4.69, 9.17) is 11.6 Å². The van der Waals surface area contributed by atoms with Crippen LogP contribution in [0.25, 0.3) is 0 Å². The van der Waals surface area contributed by atoms with Gasteiger partial charge in [0.2, 0.25) is 0 Å². The second-order valence-corrected chi connectivity index (χ2v) is 5.17. The van der Waals surface area contributed by atoms with Gasteiger partial charge >= 0.3 is 6.18 Å². The molecule has 6 heteroatoms. The Morgan fingerprint density at radius 3 is 2.60 bits per heavy atom. The van der Waals surface area contributed by atoms with E-state index in [1.165, 1.54) is 0 Å². The van der Waals surface area contributed by atoms with E-state index in [2.05, 4.69) is 12.2 Å². The molecule has 0 radical (unpaired) electrons. The number of nitrogens with one attached hydrogen (secondary N) is 1. The Morgan fingerprint density at radius 1 is 1.30 bits per heavy atom. The lowest BCUT2D eigenvalue weighted by atomic mass is 10.1. The van der Waals surface area contributed by atoms with Gasteiger partial charge in [-0.3, -0.25) is 0 Å². The molecule has 0 aromatic heterocycles. The normalized spacial score (nSPS) is 11.7. The summed E-state index contributed by atoms with van der Waals surface area (Å²) >= 11 is 5.94. The van der Waals surface area contributed by atoms with Crippen molar-refractivity contribution in [1.29, 1.82) is 0 Å². The third kappa shape index (κ3) is 6.01. The first kappa shape index (κ1) is 17.1. The van der Waals surface area contributed by atoms with Crippen molar-refractivity contribution < 1.29 is 13.2 Å². The molecule has 0 heterocycles. The van der Waals surface area contributed by atoms with Crippen LogP contribution in [0.15, 0.2) is 18.2 Å². The van der Waals surface area contributed by atoms with Crippen LogP contribution in [0.5, 0.6) is 0 Å². The molecule has 0 aliphatic rings. The number of alkyl halides is 3. The number of anilines is 1. The molecule has 0 aliphatic carbocycles. The maximum absolute atomic E-state index is 12.3. The summed E-state index contributed by atoms with van der Waals surface area (Å²) < 4.78 is 36.9. The van der Waals surface area contributed by atoms with Crippen molar-refractivity contribution in [3.63, 3.8) is 0 Å². The second-order valence-electron chi connectivity index (χ2n) is 4.74. The molecule has 1 aromatic rings. The van der Waals surface area contributed by atoms with E-state index in [0.717, 1.165) is 24.2 Å². The van der Waals surface area contributed by atoms with Crippen LogP contribution in [-0.4, -0.2) is 26.3 Å². The summed E-state index contributed by atoms with van der Waals surface area (Å²) in [5.41, 5.74) is 1.69. The maximum atomic E-state index is 12.3. The van der Waals surface area contributed by atoms with Gasteiger partial charge in [0.1, 0.15) is 0 Å². The fourth-order valence-electron chi connectivity index (χ4n) is 1.86. The van der Waals surface area contributed by atoms with Crippen LogP contribution in [-0.2, 0) is 6.54 Å². The van der Waals surface area contributed by atoms with Crippen LogP contribution >= 0.6 is 11.6 Å². The average molecular weight is 309 g/mol. The first-order chi connectivity index (χ1) is 9.33. The lowest BCUT2D eigenvalue weighted by molar-refractivity contribution is -0.132. The molecule has 1 N–H and O–H groups in total. The zero-order valence-electron chi connectivity index (χ0n) is 11.7. The van der Waals surface area contributed by atoms with E-state index in [-0.39, 0.29) is 6.54 Å². The van der Waals surface area contributed by atoms with Gasteiger partial charge in [0.15, 0.2) is 0 Å². The molecule has 0 bridgehead atoms. The summed E-state index contributed by atoms with van der Waals surface area (Å²) in [4.78, 5) is 1.60. The minimum absolute atomic E-state index is 0.0787. The quantitative estimate of drug-likeness (QED) is 0.758. The van der Waals surface area contributed by atoms with Gasteiger partial charge in [0.05, 0.1) is 6.42 Å². The zero-order chi connectivity index (χ0) is 15.2. The molecular formula is C14H20ClF3N2. The summed E-state index contributed by atoms with van der Waals surface area (Å²) in [7, 11) is 1.65. The number of rotatable bonds is 7. The van der Waals surface area contributed by atoms with Gasteiger partial charge in [-0.2, -0.15) is 13.2 Å². The van der Waals surface area contributed by atoms with Crippen molar-refractivity contribution in [2.75, 3.05) is 25.0 Å². The number of hydrogen-bond donors (Lipinski definition) is 1. The van der Waals surface area contributed by atoms with Gasteiger partial charge in [-0.1, -0.05) is 24.6 Å². The summed E-state index contributed by atoms with van der Waals surface area (Å²) in [6.07, 6.45) is -3.97. The predicted molar refractivity (Wildman–Crippen MR) is 77.4 cm³/mol. The number of benzene rings is 1. The molecule has 0 saturated heterocycles. The monoisotopic (exact) mass is 308 g/mol. The lowest BCUT2D eigenvalue weighted by Crippen LogP contribution is -2.26. The molecule has 0 spiro atoms. The first-order valence-electron chi connectivity index (χ1n) is 6.60. The van der Waals surface area contributed by atoms with Gasteiger partial charge in [-0.15, -0.1) is 0 Å². The Kier molecular flexibility index (Phi) is 6.62. The first-order valence-corrected chi connectivity index (χ1v) is 6.98. The summed E-state index contributed by atoms with van der Waals surface area (Å²) in [6, 6.07) is 5.32. The average Bonchev–Trinajstić information content (AvgIpc) is 2.37. The molecule has 2 nitrogen and oxygen atoms in total. The van der Waals surface area contributed by atoms with E-state index in [1.807, 2.05) is 6.07 Å². The van der Waals surface area contributed by atoms with Crippen LogP contribution in [0, 0.1) is 0 Å². The fraction of sp³-hybridized carbons (Fsp3) is 0.571. The van der Waals surface area contributed by atoms with Crippen molar-refractivity contribution in [3.8, 4) is 0 Å². The highest BCUT2D eigenvalue weighted by Crippen LogP contribution is 2.26. The van der Waals surface area contributed by atoms with Gasteiger partial charge in [-0.05, 0) is 30.7 Å². The maximum Gasteiger partial charge on any atom is 0.390 e. The highest BCUT2D eigenvalue weighted by atomic mass is 35.5. The van der Waals surface area contributed by atoms with E-state index in [1.54, 1.807) is 24.1 Å². The molecule has 0 fully saturated rings. The zero-order valence-corrected chi connectivity index (χ0v) is 12.5. The fourth-order valence-corrected chi connectivity index (χ4v) is 2.02. The van der Waals surface area contributed by atoms with Gasteiger partial charge in [0.25, 0.3) is 0 Å². The predicted octanol–water partition coefficient (Wildman–Crippen LogP) is 4.23. The molecule has 0 atom stereocenters. The molecule has 0 aliphatic heterocycles. The van der Waals surface area contributed by atoms with Crippen molar-refractivity contribution in [3.05, 3.63) is 28.8 Å². The molecule has 0 unspecified atom stereocenters. The summed E-state index contributed by atoms with van der Waals surface area (Å²) in [6.45, 7) is 3.47. The van der Waals surface area contributed by atoms with Crippen molar-refractivity contribution in [2.24, 2.45) is 0 Å². The largest absolute Gasteiger partial charge is 0.390 e. The topological polar surface area (TPSA) is 15.3 Å². The van der Waals surface area contributed by atoms with E-state index in [0.29, 0.717) is 11.6 Å². The third-order valence-electron chi connectivity index (χ3n) is 2.93. The minimum atomic E-state index is -4.15. The Labute approximate surface area is 122 Å². The molecular weight excluding hydrogens is 289 g/mol. The van der Waals surface area contributed by atoms with E-state index >= 15 is 0 Å². The second kappa shape index (κ2) is 7.74. The molecule has 114 valence electrons. The van der Waals surface area contributed by atoms with Crippen molar-refractivity contribution in [1.82, 2.24) is 5.32 Å². The molecule has 1 rings (SSSR count). The SMILES string of the molecule is CCCNCc1ccc(Cl)cc1N(C)CCC(F)(F)F. The Morgan fingerprint density at radius 2 is 2.00 bits per heavy atom. The van der Waals surface area contributed by atoms with Crippen molar-refractivity contribution >= 4 is 17.3 Å². The Hall–Kier alpha value is -0.940. The lowest BCUT2D eigenvalue weighted by Gasteiger charge is -2.23. The molecule has 0 amide bonds. The van der Waals surface area contributed by atoms with E-state index in [9.17, 15) is 13.2 Å². The van der Waals surface area contributed by atoms with Crippen molar-refractivity contribution in [2.45, 2.75) is 32.5 Å². The van der Waals surface area contributed by atoms with Crippen LogP contribution in [0.1, 0.15) is 25.3 Å². The number of hydrogen-bond acceptors (Lipinski definition) is 2. The number of halogens is 4. The standard InChI is InChI=1S/C14H20ClF3N2/c1-3-7-19-10-11-4-5-12(15)9-13(11)20(2)8-6-14(16,17)18/h4-5,9,19H,3,6-8,10H2,1-2H3. The third-order valence-corrected chi connectivity index (χ3v) is 3.17. The smallest absolute Gasteiger partial charge is 0.374 e. The Bertz CT molecular complexity index is 421. The van der Waals surface area contributed by atoms with Crippen LogP contribution in [0.2, 0.25) is 5.02 Å². The van der Waals surface area contributed by atoms with Gasteiger partial charge in [-0.25, -0.2) is 0 Å². The van der Waals surface area contributed by atoms with Crippen LogP contribution in [0.3, 0.4) is 0 Å². The summed E-state index contributed by atoms with van der Waals surface area (Å²) in [5, 5.41) is 3.77. The van der Waals surface area contributed by atoms with Crippen LogP contribution in [0.4, 0.5) is 18.9 Å². The van der Waals surface area contributed by atoms with Gasteiger partial charge < -0.3 is 10.2 Å². The van der Waals surface area contributed by atoms with E-state index < -0.39 is 12.6 Å². The minimum Gasteiger partial charge on any atom is -0.374 e. The molecule has 0 saturated carbocycles.